The Bertz CT molecular complexity index is 699. The van der Waals surface area contributed by atoms with Gasteiger partial charge in [-0.1, -0.05) is 78.9 Å². The third-order valence-electron chi connectivity index (χ3n) is 3.75. The first-order chi connectivity index (χ1) is 10.4. The molecule has 0 aliphatic heterocycles. The summed E-state index contributed by atoms with van der Waals surface area (Å²) in [5.41, 5.74) is 12.1. The Kier molecular flexibility index (Phi) is 4.13. The summed E-state index contributed by atoms with van der Waals surface area (Å²) in [6.07, 6.45) is 0.972. The summed E-state index contributed by atoms with van der Waals surface area (Å²) in [6.45, 7) is 0.571. The van der Waals surface area contributed by atoms with Crippen molar-refractivity contribution < 1.29 is 0 Å². The largest absolute Gasteiger partial charge is 0.326 e. The number of hydrogen-bond donors (Lipinski definition) is 1. The second-order valence-corrected chi connectivity index (χ2v) is 5.22. The Morgan fingerprint density at radius 1 is 0.619 bits per heavy atom. The topological polar surface area (TPSA) is 26.0 Å². The Morgan fingerprint density at radius 3 is 1.95 bits per heavy atom. The average Bonchev–Trinajstić information content (AvgIpc) is 2.56. The highest BCUT2D eigenvalue weighted by Crippen LogP contribution is 2.24. The molecular weight excluding hydrogens is 254 g/mol. The Labute approximate surface area is 126 Å². The van der Waals surface area contributed by atoms with E-state index >= 15 is 0 Å². The fraction of sp³-hybridized carbons (Fsp3) is 0.100. The Morgan fingerprint density at radius 2 is 1.24 bits per heavy atom. The van der Waals surface area contributed by atoms with Crippen LogP contribution in [0.2, 0.25) is 0 Å². The summed E-state index contributed by atoms with van der Waals surface area (Å²) in [4.78, 5) is 0. The molecule has 3 aromatic rings. The molecule has 0 heterocycles. The quantitative estimate of drug-likeness (QED) is 0.749. The zero-order chi connectivity index (χ0) is 14.5. The SMILES string of the molecule is NCc1ccccc1-c1ccc(Cc2ccccc2)cc1. The zero-order valence-electron chi connectivity index (χ0n) is 12.0. The van der Waals surface area contributed by atoms with Crippen LogP contribution in [0.3, 0.4) is 0 Å². The van der Waals surface area contributed by atoms with E-state index < -0.39 is 0 Å². The molecule has 0 aliphatic carbocycles. The molecule has 0 amide bonds. The van der Waals surface area contributed by atoms with Gasteiger partial charge in [0, 0.05) is 6.54 Å². The number of hydrogen-bond acceptors (Lipinski definition) is 1. The fourth-order valence-corrected chi connectivity index (χ4v) is 2.61. The lowest BCUT2D eigenvalue weighted by molar-refractivity contribution is 1.07. The van der Waals surface area contributed by atoms with Crippen molar-refractivity contribution >= 4 is 0 Å². The summed E-state index contributed by atoms with van der Waals surface area (Å²) in [6, 6.07) is 27.7. The van der Waals surface area contributed by atoms with E-state index in [9.17, 15) is 0 Å². The molecule has 0 spiro atoms. The second-order valence-electron chi connectivity index (χ2n) is 5.22. The lowest BCUT2D eigenvalue weighted by Crippen LogP contribution is -1.98. The van der Waals surface area contributed by atoms with Gasteiger partial charge in [0.05, 0.1) is 0 Å². The maximum Gasteiger partial charge on any atom is 0.0184 e. The predicted molar refractivity (Wildman–Crippen MR) is 89.0 cm³/mol. The van der Waals surface area contributed by atoms with Gasteiger partial charge in [-0.3, -0.25) is 0 Å². The van der Waals surface area contributed by atoms with Crippen LogP contribution in [0.15, 0.2) is 78.9 Å². The molecule has 1 heteroatoms. The van der Waals surface area contributed by atoms with Gasteiger partial charge >= 0.3 is 0 Å². The minimum Gasteiger partial charge on any atom is -0.326 e. The van der Waals surface area contributed by atoms with Gasteiger partial charge in [0.25, 0.3) is 0 Å². The molecule has 0 bridgehead atoms. The van der Waals surface area contributed by atoms with E-state index in [1.165, 1.54) is 27.8 Å². The third-order valence-corrected chi connectivity index (χ3v) is 3.75. The van der Waals surface area contributed by atoms with Gasteiger partial charge in [-0.25, -0.2) is 0 Å². The summed E-state index contributed by atoms with van der Waals surface area (Å²) in [7, 11) is 0. The number of rotatable bonds is 4. The smallest absolute Gasteiger partial charge is 0.0184 e. The van der Waals surface area contributed by atoms with Gasteiger partial charge in [-0.05, 0) is 34.2 Å². The van der Waals surface area contributed by atoms with E-state index in [2.05, 4.69) is 72.8 Å². The minimum absolute atomic E-state index is 0.571. The molecule has 0 saturated heterocycles. The Hall–Kier alpha value is -2.38. The summed E-state index contributed by atoms with van der Waals surface area (Å²) >= 11 is 0. The molecule has 0 aromatic heterocycles. The first kappa shape index (κ1) is 13.6. The van der Waals surface area contributed by atoms with Crippen LogP contribution >= 0.6 is 0 Å². The van der Waals surface area contributed by atoms with Crippen LogP contribution in [-0.4, -0.2) is 0 Å². The van der Waals surface area contributed by atoms with Crippen LogP contribution in [0.25, 0.3) is 11.1 Å². The molecule has 0 atom stereocenters. The van der Waals surface area contributed by atoms with Crippen molar-refractivity contribution in [3.63, 3.8) is 0 Å². The van der Waals surface area contributed by atoms with Gasteiger partial charge in [0.1, 0.15) is 0 Å². The highest BCUT2D eigenvalue weighted by molar-refractivity contribution is 5.67. The van der Waals surface area contributed by atoms with Crippen LogP contribution in [0.1, 0.15) is 16.7 Å². The summed E-state index contributed by atoms with van der Waals surface area (Å²) in [5, 5.41) is 0. The molecule has 0 unspecified atom stereocenters. The highest BCUT2D eigenvalue weighted by atomic mass is 14.5. The number of nitrogens with two attached hydrogens (primary N) is 1. The normalized spacial score (nSPS) is 10.5. The fourth-order valence-electron chi connectivity index (χ4n) is 2.61. The molecule has 0 saturated carbocycles. The van der Waals surface area contributed by atoms with Gasteiger partial charge in [-0.15, -0.1) is 0 Å². The lowest BCUT2D eigenvalue weighted by Gasteiger charge is -2.09. The van der Waals surface area contributed by atoms with Crippen LogP contribution in [0.5, 0.6) is 0 Å². The van der Waals surface area contributed by atoms with Gasteiger partial charge in [0.15, 0.2) is 0 Å². The molecule has 2 N–H and O–H groups in total. The van der Waals surface area contributed by atoms with Gasteiger partial charge < -0.3 is 5.73 Å². The van der Waals surface area contributed by atoms with Crippen molar-refractivity contribution in [3.8, 4) is 11.1 Å². The van der Waals surface area contributed by atoms with Gasteiger partial charge in [0.2, 0.25) is 0 Å². The molecular formula is C20H19N. The Balaban J connectivity index is 1.84. The molecule has 0 radical (unpaired) electrons. The van der Waals surface area contributed by atoms with Crippen molar-refractivity contribution in [1.29, 1.82) is 0 Å². The maximum absolute atomic E-state index is 5.82. The summed E-state index contributed by atoms with van der Waals surface area (Å²) < 4.78 is 0. The second kappa shape index (κ2) is 6.38. The third kappa shape index (κ3) is 3.21. The van der Waals surface area contributed by atoms with Crippen molar-refractivity contribution in [3.05, 3.63) is 95.6 Å². The van der Waals surface area contributed by atoms with Gasteiger partial charge in [-0.2, -0.15) is 0 Å². The minimum atomic E-state index is 0.571. The molecule has 3 aromatic carbocycles. The van der Waals surface area contributed by atoms with E-state index in [0.717, 1.165) is 6.42 Å². The van der Waals surface area contributed by atoms with E-state index in [4.69, 9.17) is 5.73 Å². The molecule has 0 fully saturated rings. The number of benzene rings is 3. The standard InChI is InChI=1S/C20H19N/c21-15-19-8-4-5-9-20(19)18-12-10-17(11-13-18)14-16-6-2-1-3-7-16/h1-13H,14-15,21H2. The molecule has 3 rings (SSSR count). The zero-order valence-corrected chi connectivity index (χ0v) is 12.0. The maximum atomic E-state index is 5.82. The molecule has 0 aliphatic rings. The van der Waals surface area contributed by atoms with E-state index in [1.807, 2.05) is 6.07 Å². The van der Waals surface area contributed by atoms with E-state index in [-0.39, 0.29) is 0 Å². The highest BCUT2D eigenvalue weighted by Gasteiger charge is 2.03. The lowest BCUT2D eigenvalue weighted by atomic mass is 9.97. The van der Waals surface area contributed by atoms with Crippen LogP contribution in [-0.2, 0) is 13.0 Å². The molecule has 104 valence electrons. The van der Waals surface area contributed by atoms with Crippen LogP contribution in [0, 0.1) is 0 Å². The molecule has 1 nitrogen and oxygen atoms in total. The van der Waals surface area contributed by atoms with Crippen LogP contribution in [0.4, 0.5) is 0 Å². The summed E-state index contributed by atoms with van der Waals surface area (Å²) in [5.74, 6) is 0. The first-order valence-corrected chi connectivity index (χ1v) is 7.28. The van der Waals surface area contributed by atoms with E-state index in [0.29, 0.717) is 6.54 Å². The first-order valence-electron chi connectivity index (χ1n) is 7.28. The monoisotopic (exact) mass is 273 g/mol. The van der Waals surface area contributed by atoms with Crippen LogP contribution < -0.4 is 5.73 Å². The van der Waals surface area contributed by atoms with Crippen molar-refractivity contribution in [2.24, 2.45) is 5.73 Å². The van der Waals surface area contributed by atoms with Crippen molar-refractivity contribution in [1.82, 2.24) is 0 Å². The van der Waals surface area contributed by atoms with Crippen molar-refractivity contribution in [2.75, 3.05) is 0 Å². The van der Waals surface area contributed by atoms with Crippen molar-refractivity contribution in [2.45, 2.75) is 13.0 Å². The predicted octanol–water partition coefficient (Wildman–Crippen LogP) is 4.40. The van der Waals surface area contributed by atoms with E-state index in [1.54, 1.807) is 0 Å². The average molecular weight is 273 g/mol. The molecule has 21 heavy (non-hydrogen) atoms.